The highest BCUT2D eigenvalue weighted by atomic mass is 19.1. The maximum atomic E-state index is 14.4. The van der Waals surface area contributed by atoms with Crippen molar-refractivity contribution in [1.29, 1.82) is 0 Å². The topological polar surface area (TPSA) is 82.1 Å². The molecule has 2 aliphatic heterocycles. The lowest BCUT2D eigenvalue weighted by molar-refractivity contribution is -0.130. The molecule has 3 heterocycles. The standard InChI is InChI=1S/C35H51FN6O3/c1-24(2)42(25(3)4)34(44)29-18-28(36)11-12-30(29)45-31-19-37-23-38-33(31)41-21-35(22-41)13-15-40(16-14-35)20-27-9-7-26(8-10-27)17-32(43)39(5)6/h11-12,18-19,23-27H,7-10,13-17,20-22H2,1-6H3. The van der Waals surface area contributed by atoms with Gasteiger partial charge < -0.3 is 24.3 Å². The number of aromatic nitrogens is 2. The van der Waals surface area contributed by atoms with Crippen molar-refractivity contribution in [2.45, 2.75) is 84.7 Å². The minimum Gasteiger partial charge on any atom is -0.451 e. The van der Waals surface area contributed by atoms with Crippen LogP contribution in [0.2, 0.25) is 0 Å². The van der Waals surface area contributed by atoms with Gasteiger partial charge >= 0.3 is 0 Å². The van der Waals surface area contributed by atoms with Crippen molar-refractivity contribution in [3.05, 3.63) is 42.1 Å². The van der Waals surface area contributed by atoms with Gasteiger partial charge in [-0.25, -0.2) is 14.4 Å². The molecule has 246 valence electrons. The van der Waals surface area contributed by atoms with E-state index in [1.165, 1.54) is 56.8 Å². The first-order valence-electron chi connectivity index (χ1n) is 16.7. The minimum absolute atomic E-state index is 0.0482. The quantitative estimate of drug-likeness (QED) is 0.329. The van der Waals surface area contributed by atoms with Gasteiger partial charge in [0.1, 0.15) is 17.9 Å². The van der Waals surface area contributed by atoms with Gasteiger partial charge in [-0.1, -0.05) is 0 Å². The van der Waals surface area contributed by atoms with Crippen LogP contribution < -0.4 is 9.64 Å². The lowest BCUT2D eigenvalue weighted by atomic mass is 9.71. The zero-order chi connectivity index (χ0) is 32.3. The molecule has 1 aromatic heterocycles. The Kier molecular flexibility index (Phi) is 10.3. The van der Waals surface area contributed by atoms with Gasteiger partial charge in [0, 0.05) is 57.6 Å². The van der Waals surface area contributed by atoms with E-state index in [1.807, 2.05) is 41.8 Å². The second-order valence-electron chi connectivity index (χ2n) is 14.4. The van der Waals surface area contributed by atoms with E-state index in [0.717, 1.165) is 44.9 Å². The van der Waals surface area contributed by atoms with Crippen molar-refractivity contribution in [1.82, 2.24) is 24.7 Å². The highest BCUT2D eigenvalue weighted by Gasteiger charge is 2.46. The van der Waals surface area contributed by atoms with Gasteiger partial charge in [-0.3, -0.25) is 9.59 Å². The molecule has 1 aromatic carbocycles. The molecule has 0 atom stereocenters. The van der Waals surface area contributed by atoms with Gasteiger partial charge in [0.25, 0.3) is 5.91 Å². The summed E-state index contributed by atoms with van der Waals surface area (Å²) in [4.78, 5) is 42.7. The number of halogens is 1. The van der Waals surface area contributed by atoms with E-state index >= 15 is 0 Å². The zero-order valence-electron chi connectivity index (χ0n) is 28.0. The number of rotatable bonds is 10. The summed E-state index contributed by atoms with van der Waals surface area (Å²) in [5, 5.41) is 0. The van der Waals surface area contributed by atoms with Gasteiger partial charge in [0.05, 0.1) is 11.8 Å². The molecule has 1 saturated carbocycles. The monoisotopic (exact) mass is 622 g/mol. The number of carbonyl (C=O) groups is 2. The number of ether oxygens (including phenoxy) is 1. The molecule has 1 spiro atoms. The highest BCUT2D eigenvalue weighted by molar-refractivity contribution is 5.97. The van der Waals surface area contributed by atoms with Crippen LogP contribution in [0, 0.1) is 23.1 Å². The van der Waals surface area contributed by atoms with Crippen molar-refractivity contribution < 1.29 is 18.7 Å². The molecule has 0 bridgehead atoms. The predicted molar refractivity (Wildman–Crippen MR) is 174 cm³/mol. The van der Waals surface area contributed by atoms with E-state index in [4.69, 9.17) is 4.74 Å². The maximum Gasteiger partial charge on any atom is 0.258 e. The number of carbonyl (C=O) groups excluding carboxylic acids is 2. The third-order valence-corrected chi connectivity index (χ3v) is 10.1. The van der Waals surface area contributed by atoms with Gasteiger partial charge in [0.15, 0.2) is 11.6 Å². The molecule has 0 unspecified atom stereocenters. The summed E-state index contributed by atoms with van der Waals surface area (Å²) < 4.78 is 20.6. The van der Waals surface area contributed by atoms with Gasteiger partial charge in [-0.05, 0) is 109 Å². The molecule has 5 rings (SSSR count). The zero-order valence-corrected chi connectivity index (χ0v) is 28.0. The summed E-state index contributed by atoms with van der Waals surface area (Å²) in [6.07, 6.45) is 11.0. The first kappa shape index (κ1) is 33.1. The Morgan fingerprint density at radius 3 is 2.27 bits per heavy atom. The van der Waals surface area contributed by atoms with Crippen LogP contribution in [0.25, 0.3) is 0 Å². The number of hydrogen-bond donors (Lipinski definition) is 0. The van der Waals surface area contributed by atoms with E-state index in [1.54, 1.807) is 16.0 Å². The van der Waals surface area contributed by atoms with Crippen LogP contribution in [0.3, 0.4) is 0 Å². The van der Waals surface area contributed by atoms with Gasteiger partial charge in [0.2, 0.25) is 5.91 Å². The molecule has 45 heavy (non-hydrogen) atoms. The molecule has 2 aromatic rings. The number of piperidine rings is 1. The summed E-state index contributed by atoms with van der Waals surface area (Å²) in [5.74, 6) is 2.25. The van der Waals surface area contributed by atoms with Crippen molar-refractivity contribution in [2.24, 2.45) is 17.3 Å². The molecule has 2 saturated heterocycles. The fraction of sp³-hybridized carbons (Fsp3) is 0.657. The van der Waals surface area contributed by atoms with Crippen LogP contribution in [0.5, 0.6) is 11.5 Å². The number of nitrogens with zero attached hydrogens (tertiary/aromatic N) is 6. The molecule has 9 nitrogen and oxygen atoms in total. The van der Waals surface area contributed by atoms with Gasteiger partial charge in [-0.15, -0.1) is 0 Å². The third kappa shape index (κ3) is 7.76. The van der Waals surface area contributed by atoms with Crippen molar-refractivity contribution in [2.75, 3.05) is 51.7 Å². The molecule has 3 fully saturated rings. The number of anilines is 1. The van der Waals surface area contributed by atoms with Crippen LogP contribution in [-0.2, 0) is 4.79 Å². The SMILES string of the molecule is CC(C)N(C(=O)c1cc(F)ccc1Oc1cncnc1N1CC2(CCN(CC3CCC(CC(=O)N(C)C)CC3)CC2)C1)C(C)C. The number of hydrogen-bond acceptors (Lipinski definition) is 7. The van der Waals surface area contributed by atoms with Crippen molar-refractivity contribution in [3.8, 4) is 11.5 Å². The first-order valence-corrected chi connectivity index (χ1v) is 16.7. The van der Waals surface area contributed by atoms with Crippen LogP contribution >= 0.6 is 0 Å². The second-order valence-corrected chi connectivity index (χ2v) is 14.4. The van der Waals surface area contributed by atoms with Crippen molar-refractivity contribution in [3.63, 3.8) is 0 Å². The smallest absolute Gasteiger partial charge is 0.258 e. The summed E-state index contributed by atoms with van der Waals surface area (Å²) in [7, 11) is 3.70. The number of likely N-dealkylation sites (tertiary alicyclic amines) is 1. The van der Waals surface area contributed by atoms with E-state index < -0.39 is 5.82 Å². The molecule has 0 radical (unpaired) electrons. The molecule has 3 aliphatic rings. The largest absolute Gasteiger partial charge is 0.451 e. The lowest BCUT2D eigenvalue weighted by Gasteiger charge is -2.54. The summed E-state index contributed by atoms with van der Waals surface area (Å²) >= 11 is 0. The molecule has 1 aliphatic carbocycles. The number of benzene rings is 1. The van der Waals surface area contributed by atoms with E-state index in [2.05, 4.69) is 19.8 Å². The molecular formula is C35H51FN6O3. The molecule has 0 N–H and O–H groups in total. The Bertz CT molecular complexity index is 1320. The minimum atomic E-state index is -0.483. The average Bonchev–Trinajstić information content (AvgIpc) is 2.98. The van der Waals surface area contributed by atoms with E-state index in [-0.39, 0.29) is 34.9 Å². The highest BCUT2D eigenvalue weighted by Crippen LogP contribution is 2.45. The van der Waals surface area contributed by atoms with Crippen LogP contribution in [0.15, 0.2) is 30.7 Å². The van der Waals surface area contributed by atoms with Gasteiger partial charge in [-0.2, -0.15) is 0 Å². The Labute approximate surface area is 268 Å². The Balaban J connectivity index is 1.16. The second kappa shape index (κ2) is 14.0. The Hall–Kier alpha value is -3.27. The first-order chi connectivity index (χ1) is 21.4. The lowest BCUT2D eigenvalue weighted by Crippen LogP contribution is -2.61. The third-order valence-electron chi connectivity index (χ3n) is 10.1. The predicted octanol–water partition coefficient (Wildman–Crippen LogP) is 5.85. The van der Waals surface area contributed by atoms with Crippen LogP contribution in [0.1, 0.15) is 83.0 Å². The fourth-order valence-corrected chi connectivity index (χ4v) is 7.55. The van der Waals surface area contributed by atoms with Crippen molar-refractivity contribution >= 4 is 17.6 Å². The summed E-state index contributed by atoms with van der Waals surface area (Å²) in [6.45, 7) is 13.0. The fourth-order valence-electron chi connectivity index (χ4n) is 7.55. The normalized spacial score (nSPS) is 21.6. The van der Waals surface area contributed by atoms with E-state index in [9.17, 15) is 14.0 Å². The number of amides is 2. The van der Waals surface area contributed by atoms with E-state index in [0.29, 0.717) is 29.7 Å². The van der Waals surface area contributed by atoms with Crippen LogP contribution in [-0.4, -0.2) is 95.4 Å². The molecule has 10 heteroatoms. The average molecular weight is 623 g/mol. The molecule has 2 amide bonds. The summed E-state index contributed by atoms with van der Waals surface area (Å²) in [5.41, 5.74) is 0.463. The van der Waals surface area contributed by atoms with Crippen LogP contribution in [0.4, 0.5) is 10.2 Å². The molecular weight excluding hydrogens is 571 g/mol. The Morgan fingerprint density at radius 1 is 1.00 bits per heavy atom. The summed E-state index contributed by atoms with van der Waals surface area (Å²) in [6, 6.07) is 3.99. The maximum absolute atomic E-state index is 14.4. The Morgan fingerprint density at radius 2 is 1.64 bits per heavy atom.